The average Bonchev–Trinajstić information content (AvgIpc) is 2.50. The zero-order valence-electron chi connectivity index (χ0n) is 8.55. The van der Waals surface area contributed by atoms with Crippen molar-refractivity contribution >= 4 is 34.7 Å². The molecule has 0 amide bonds. The fourth-order valence-corrected chi connectivity index (χ4v) is 2.82. The van der Waals surface area contributed by atoms with Gasteiger partial charge in [0.25, 0.3) is 0 Å². The van der Waals surface area contributed by atoms with Gasteiger partial charge < -0.3 is 5.32 Å². The molecule has 80 valence electrons. The molecule has 1 heterocycles. The highest BCUT2D eigenvalue weighted by molar-refractivity contribution is 7.99. The number of hydrogen-bond donors (Lipinski definition) is 1. The normalized spacial score (nSPS) is 11.1. The zero-order chi connectivity index (χ0) is 10.4. The predicted octanol–water partition coefficient (Wildman–Crippen LogP) is 3.63. The fourth-order valence-electron chi connectivity index (χ4n) is 1.03. The summed E-state index contributed by atoms with van der Waals surface area (Å²) in [6.45, 7) is 6.46. The zero-order valence-corrected chi connectivity index (χ0v) is 10.9. The van der Waals surface area contributed by atoms with Crippen molar-refractivity contribution in [3.8, 4) is 0 Å². The van der Waals surface area contributed by atoms with Gasteiger partial charge >= 0.3 is 0 Å². The van der Waals surface area contributed by atoms with Gasteiger partial charge in [0.1, 0.15) is 0 Å². The van der Waals surface area contributed by atoms with Crippen LogP contribution in [0.1, 0.15) is 18.7 Å². The Hall–Kier alpha value is 0.300. The lowest BCUT2D eigenvalue weighted by Gasteiger charge is -2.05. The van der Waals surface area contributed by atoms with Gasteiger partial charge in [-0.05, 0) is 17.4 Å². The first-order valence-electron chi connectivity index (χ1n) is 4.75. The van der Waals surface area contributed by atoms with Crippen LogP contribution >= 0.6 is 34.7 Å². The average molecular weight is 250 g/mol. The molecule has 1 rings (SSSR count). The molecular weight excluding hydrogens is 234 g/mol. The maximum Gasteiger partial charge on any atom is 0.0931 e. The molecule has 0 bridgehead atoms. The van der Waals surface area contributed by atoms with E-state index in [1.807, 2.05) is 17.8 Å². The number of hydrogen-bond acceptors (Lipinski definition) is 3. The number of nitrogens with one attached hydrogen (secondary N) is 1. The van der Waals surface area contributed by atoms with Gasteiger partial charge in [-0.2, -0.15) is 11.8 Å². The molecule has 0 saturated carbocycles. The molecule has 1 aromatic rings. The Kier molecular flexibility index (Phi) is 5.94. The maximum atomic E-state index is 5.83. The van der Waals surface area contributed by atoms with Gasteiger partial charge in [0.15, 0.2) is 0 Å². The number of halogens is 1. The molecule has 1 nitrogen and oxygen atoms in total. The van der Waals surface area contributed by atoms with Gasteiger partial charge in [0.05, 0.1) is 4.34 Å². The summed E-state index contributed by atoms with van der Waals surface area (Å²) in [5.41, 5.74) is 0. The molecule has 0 unspecified atom stereocenters. The van der Waals surface area contributed by atoms with E-state index in [-0.39, 0.29) is 0 Å². The van der Waals surface area contributed by atoms with Crippen LogP contribution in [0.2, 0.25) is 4.34 Å². The fraction of sp³-hybridized carbons (Fsp3) is 0.600. The quantitative estimate of drug-likeness (QED) is 0.773. The van der Waals surface area contributed by atoms with Crippen molar-refractivity contribution in [1.82, 2.24) is 5.32 Å². The molecule has 1 N–H and O–H groups in total. The lowest BCUT2D eigenvalue weighted by molar-refractivity contribution is 0.740. The molecule has 1 aromatic heterocycles. The molecule has 0 aliphatic rings. The van der Waals surface area contributed by atoms with Crippen LogP contribution in [0.15, 0.2) is 12.1 Å². The van der Waals surface area contributed by atoms with Crippen LogP contribution in [0.4, 0.5) is 0 Å². The van der Waals surface area contributed by atoms with Gasteiger partial charge in [-0.25, -0.2) is 0 Å². The minimum atomic E-state index is 0.730. The Bertz CT molecular complexity index is 260. The molecule has 0 saturated heterocycles. The van der Waals surface area contributed by atoms with E-state index in [1.165, 1.54) is 10.6 Å². The van der Waals surface area contributed by atoms with Crippen LogP contribution < -0.4 is 5.32 Å². The smallest absolute Gasteiger partial charge is 0.0931 e. The minimum absolute atomic E-state index is 0.730. The van der Waals surface area contributed by atoms with E-state index in [0.717, 1.165) is 22.7 Å². The molecule has 0 spiro atoms. The van der Waals surface area contributed by atoms with Crippen molar-refractivity contribution in [3.63, 3.8) is 0 Å². The van der Waals surface area contributed by atoms with Crippen molar-refractivity contribution in [1.29, 1.82) is 0 Å². The first kappa shape index (κ1) is 12.4. The third kappa shape index (κ3) is 5.25. The lowest BCUT2D eigenvalue weighted by atomic mass is 10.4. The van der Waals surface area contributed by atoms with Crippen molar-refractivity contribution in [3.05, 3.63) is 21.3 Å². The maximum absolute atomic E-state index is 5.83. The highest BCUT2D eigenvalue weighted by Crippen LogP contribution is 2.20. The molecule has 0 atom stereocenters. The SMILES string of the molecule is CC(C)SCCNCc1ccc(Cl)s1. The largest absolute Gasteiger partial charge is 0.311 e. The highest BCUT2D eigenvalue weighted by Gasteiger charge is 1.97. The summed E-state index contributed by atoms with van der Waals surface area (Å²) >= 11 is 9.46. The van der Waals surface area contributed by atoms with Crippen molar-refractivity contribution in [2.75, 3.05) is 12.3 Å². The van der Waals surface area contributed by atoms with E-state index in [4.69, 9.17) is 11.6 Å². The molecule has 0 aromatic carbocycles. The molecular formula is C10H16ClNS2. The van der Waals surface area contributed by atoms with Gasteiger partial charge in [0, 0.05) is 23.7 Å². The Morgan fingerprint density at radius 2 is 2.29 bits per heavy atom. The van der Waals surface area contributed by atoms with Crippen LogP contribution in [-0.2, 0) is 6.54 Å². The summed E-state index contributed by atoms with van der Waals surface area (Å²) in [6.07, 6.45) is 0. The molecule has 0 aliphatic carbocycles. The van der Waals surface area contributed by atoms with Crippen molar-refractivity contribution in [2.24, 2.45) is 0 Å². The Labute approximate surface area is 99.2 Å². The van der Waals surface area contributed by atoms with Crippen LogP contribution in [0.25, 0.3) is 0 Å². The van der Waals surface area contributed by atoms with Crippen LogP contribution in [0, 0.1) is 0 Å². The van der Waals surface area contributed by atoms with E-state index in [2.05, 4.69) is 25.2 Å². The van der Waals surface area contributed by atoms with E-state index in [9.17, 15) is 0 Å². The highest BCUT2D eigenvalue weighted by atomic mass is 35.5. The number of thiophene rings is 1. The van der Waals surface area contributed by atoms with E-state index >= 15 is 0 Å². The molecule has 0 aliphatic heterocycles. The second-order valence-corrected chi connectivity index (χ2v) is 6.79. The lowest BCUT2D eigenvalue weighted by Crippen LogP contribution is -2.16. The van der Waals surface area contributed by atoms with Gasteiger partial charge in [0.2, 0.25) is 0 Å². The molecule has 14 heavy (non-hydrogen) atoms. The van der Waals surface area contributed by atoms with Crippen LogP contribution in [-0.4, -0.2) is 17.5 Å². The van der Waals surface area contributed by atoms with Crippen molar-refractivity contribution < 1.29 is 0 Å². The van der Waals surface area contributed by atoms with Gasteiger partial charge in [-0.1, -0.05) is 25.4 Å². The summed E-state index contributed by atoms with van der Waals surface area (Å²) in [4.78, 5) is 1.31. The van der Waals surface area contributed by atoms with Crippen LogP contribution in [0.5, 0.6) is 0 Å². The Morgan fingerprint density at radius 1 is 1.50 bits per heavy atom. The standard InChI is InChI=1S/C10H16ClNS2/c1-8(2)13-6-5-12-7-9-3-4-10(11)14-9/h3-4,8,12H,5-7H2,1-2H3. The van der Waals surface area contributed by atoms with Crippen LogP contribution in [0.3, 0.4) is 0 Å². The third-order valence-corrected chi connectivity index (χ3v) is 4.00. The third-order valence-electron chi connectivity index (χ3n) is 1.66. The first-order chi connectivity index (χ1) is 6.68. The molecule has 4 heteroatoms. The van der Waals surface area contributed by atoms with Crippen molar-refractivity contribution in [2.45, 2.75) is 25.6 Å². The number of thioether (sulfide) groups is 1. The second kappa shape index (κ2) is 6.72. The monoisotopic (exact) mass is 249 g/mol. The topological polar surface area (TPSA) is 12.0 Å². The summed E-state index contributed by atoms with van der Waals surface area (Å²) in [5.74, 6) is 1.18. The summed E-state index contributed by atoms with van der Waals surface area (Å²) in [5, 5.41) is 4.13. The molecule has 0 radical (unpaired) electrons. The predicted molar refractivity (Wildman–Crippen MR) is 68.6 cm³/mol. The Balaban J connectivity index is 2.04. The summed E-state index contributed by atoms with van der Waals surface area (Å²) in [6, 6.07) is 4.03. The number of rotatable bonds is 6. The van der Waals surface area contributed by atoms with E-state index in [1.54, 1.807) is 11.3 Å². The van der Waals surface area contributed by atoms with E-state index in [0.29, 0.717) is 0 Å². The van der Waals surface area contributed by atoms with Gasteiger partial charge in [-0.3, -0.25) is 0 Å². The summed E-state index contributed by atoms with van der Waals surface area (Å²) in [7, 11) is 0. The minimum Gasteiger partial charge on any atom is -0.311 e. The summed E-state index contributed by atoms with van der Waals surface area (Å²) < 4.78 is 0.873. The van der Waals surface area contributed by atoms with E-state index < -0.39 is 0 Å². The Morgan fingerprint density at radius 3 is 2.86 bits per heavy atom. The second-order valence-electron chi connectivity index (χ2n) is 3.30. The van der Waals surface area contributed by atoms with Gasteiger partial charge in [-0.15, -0.1) is 11.3 Å². The molecule has 0 fully saturated rings. The first-order valence-corrected chi connectivity index (χ1v) is 6.99.